The maximum atomic E-state index is 13.8. The topological polar surface area (TPSA) is 69.6 Å². The third-order valence-electron chi connectivity index (χ3n) is 8.17. The summed E-state index contributed by atoms with van der Waals surface area (Å²) in [5.74, 6) is 0.0820. The number of likely N-dealkylation sites (N-methyl/N-ethyl adjacent to an activating group) is 1. The van der Waals surface area contributed by atoms with Crippen molar-refractivity contribution in [2.45, 2.75) is 50.6 Å². The van der Waals surface area contributed by atoms with Crippen LogP contribution in [0.2, 0.25) is 0 Å². The molecule has 1 aromatic heterocycles. The number of halogens is 1. The van der Waals surface area contributed by atoms with Crippen LogP contribution in [0.25, 0.3) is 11.1 Å². The van der Waals surface area contributed by atoms with Crippen LogP contribution in [-0.4, -0.2) is 78.5 Å². The van der Waals surface area contributed by atoms with Crippen LogP contribution in [0.5, 0.6) is 0 Å². The number of rotatable bonds is 7. The second-order valence-electron chi connectivity index (χ2n) is 10.8. The normalized spacial score (nSPS) is 22.6. The molecule has 2 atom stereocenters. The highest BCUT2D eigenvalue weighted by Gasteiger charge is 2.31. The van der Waals surface area contributed by atoms with Gasteiger partial charge in [0.05, 0.1) is 6.04 Å². The number of amides is 2. The second kappa shape index (κ2) is 11.1. The molecular weight excluding hydrogens is 457 g/mol. The van der Waals surface area contributed by atoms with E-state index in [9.17, 15) is 14.0 Å². The summed E-state index contributed by atoms with van der Waals surface area (Å²) in [7, 11) is 2.16. The van der Waals surface area contributed by atoms with Gasteiger partial charge in [0.25, 0.3) is 5.91 Å². The van der Waals surface area contributed by atoms with Crippen molar-refractivity contribution in [1.29, 1.82) is 0 Å². The molecule has 0 bridgehead atoms. The molecule has 1 aromatic carbocycles. The number of piperazine rings is 1. The van der Waals surface area contributed by atoms with E-state index >= 15 is 0 Å². The van der Waals surface area contributed by atoms with E-state index in [1.807, 2.05) is 16.8 Å². The third kappa shape index (κ3) is 5.81. The first-order valence-electron chi connectivity index (χ1n) is 13.4. The zero-order valence-electron chi connectivity index (χ0n) is 21.2. The number of fused-ring (bicyclic) bond motifs is 1. The Kier molecular flexibility index (Phi) is 7.72. The van der Waals surface area contributed by atoms with E-state index in [4.69, 9.17) is 0 Å². The van der Waals surface area contributed by atoms with Gasteiger partial charge < -0.3 is 20.1 Å². The number of carbonyl (C=O) groups is 2. The number of hydrogen-bond acceptors (Lipinski definition) is 4. The molecule has 2 amide bonds. The summed E-state index contributed by atoms with van der Waals surface area (Å²) < 4.78 is 15.7. The van der Waals surface area contributed by atoms with Crippen molar-refractivity contribution in [3.05, 3.63) is 48.0 Å². The Morgan fingerprint density at radius 2 is 1.89 bits per heavy atom. The maximum Gasteiger partial charge on any atom is 0.268 e. The van der Waals surface area contributed by atoms with Crippen LogP contribution in [0.3, 0.4) is 0 Å². The van der Waals surface area contributed by atoms with Gasteiger partial charge in [-0.25, -0.2) is 4.39 Å². The van der Waals surface area contributed by atoms with Gasteiger partial charge in [0.2, 0.25) is 5.91 Å². The number of benzene rings is 1. The van der Waals surface area contributed by atoms with E-state index in [-0.39, 0.29) is 29.7 Å². The number of carbonyl (C=O) groups excluding carboxylic acids is 2. The molecule has 2 aliphatic heterocycles. The molecule has 2 aromatic rings. The molecule has 194 valence electrons. The first kappa shape index (κ1) is 25.0. The fourth-order valence-electron chi connectivity index (χ4n) is 6.00. The molecule has 1 aliphatic carbocycles. The van der Waals surface area contributed by atoms with E-state index in [0.717, 1.165) is 43.9 Å². The van der Waals surface area contributed by atoms with Crippen LogP contribution < -0.4 is 10.6 Å². The lowest BCUT2D eigenvalue weighted by atomic mass is 9.83. The minimum Gasteiger partial charge on any atom is -0.352 e. The number of nitrogens with zero attached hydrogens (tertiary/aromatic N) is 3. The molecule has 3 aliphatic rings. The molecule has 36 heavy (non-hydrogen) atoms. The highest BCUT2D eigenvalue weighted by atomic mass is 19.1. The predicted molar refractivity (Wildman–Crippen MR) is 138 cm³/mol. The zero-order valence-corrected chi connectivity index (χ0v) is 21.2. The van der Waals surface area contributed by atoms with Gasteiger partial charge in [-0.15, -0.1) is 0 Å². The fourth-order valence-corrected chi connectivity index (χ4v) is 6.00. The van der Waals surface area contributed by atoms with Crippen LogP contribution in [-0.2, 0) is 4.79 Å². The first-order valence-corrected chi connectivity index (χ1v) is 13.4. The fraction of sp³-hybridized carbons (Fsp3) is 0.571. The van der Waals surface area contributed by atoms with Gasteiger partial charge in [0.1, 0.15) is 11.5 Å². The van der Waals surface area contributed by atoms with Gasteiger partial charge >= 0.3 is 0 Å². The van der Waals surface area contributed by atoms with Gasteiger partial charge in [-0.1, -0.05) is 31.4 Å². The first-order chi connectivity index (χ1) is 17.5. The zero-order chi connectivity index (χ0) is 25.1. The van der Waals surface area contributed by atoms with Crippen molar-refractivity contribution in [2.75, 3.05) is 46.3 Å². The summed E-state index contributed by atoms with van der Waals surface area (Å²) in [6, 6.07) is 8.14. The summed E-state index contributed by atoms with van der Waals surface area (Å²) >= 11 is 0. The van der Waals surface area contributed by atoms with E-state index in [1.165, 1.54) is 44.2 Å². The standard InChI is InChI=1S/C28H38FN5O2/c1-32-10-12-33(13-11-32)19-25(20-6-3-2-4-7-20)31-27(35)16-24-17-30-28(36)26-15-22(18-34(24)26)21-8-5-9-23(29)14-21/h5,8-9,14-15,18,20,24-25H,2-4,6-7,10-13,16-17,19H2,1H3,(H,30,36)(H,31,35)/t24-,25-/m1/s1. The van der Waals surface area contributed by atoms with E-state index in [1.54, 1.807) is 12.1 Å². The van der Waals surface area contributed by atoms with E-state index < -0.39 is 0 Å². The molecule has 0 radical (unpaired) electrons. The largest absolute Gasteiger partial charge is 0.352 e. The maximum absolute atomic E-state index is 13.8. The SMILES string of the molecule is CN1CCN(C[C@@H](NC(=O)C[C@@H]2CNC(=O)c3cc(-c4cccc(F)c4)cn32)C2CCCCC2)CC1. The molecule has 1 saturated heterocycles. The third-order valence-corrected chi connectivity index (χ3v) is 8.17. The summed E-state index contributed by atoms with van der Waals surface area (Å²) in [6.45, 7) is 5.53. The minimum absolute atomic E-state index is 0.0350. The highest BCUT2D eigenvalue weighted by molar-refractivity contribution is 5.95. The Bertz CT molecular complexity index is 1070. The van der Waals surface area contributed by atoms with E-state index in [2.05, 4.69) is 27.5 Å². The molecular formula is C28H38FN5O2. The molecule has 8 heteroatoms. The number of hydrogen-bond donors (Lipinski definition) is 2. The van der Waals surface area contributed by atoms with Crippen molar-refractivity contribution in [3.8, 4) is 11.1 Å². The molecule has 0 spiro atoms. The van der Waals surface area contributed by atoms with Crippen molar-refractivity contribution in [3.63, 3.8) is 0 Å². The van der Waals surface area contributed by atoms with Gasteiger partial charge in [0.15, 0.2) is 0 Å². The Morgan fingerprint density at radius 1 is 1.11 bits per heavy atom. The summed E-state index contributed by atoms with van der Waals surface area (Å²) in [4.78, 5) is 30.8. The molecule has 0 unspecified atom stereocenters. The Hall–Kier alpha value is -2.71. The second-order valence-corrected chi connectivity index (χ2v) is 10.8. The number of nitrogens with one attached hydrogen (secondary N) is 2. The van der Waals surface area contributed by atoms with Crippen molar-refractivity contribution >= 4 is 11.8 Å². The number of aromatic nitrogens is 1. The van der Waals surface area contributed by atoms with Crippen molar-refractivity contribution in [1.82, 2.24) is 25.0 Å². The van der Waals surface area contributed by atoms with Crippen LogP contribution in [0.4, 0.5) is 4.39 Å². The minimum atomic E-state index is -0.314. The highest BCUT2D eigenvalue weighted by Crippen LogP contribution is 2.30. The molecule has 1 saturated carbocycles. The summed E-state index contributed by atoms with van der Waals surface area (Å²) in [5, 5.41) is 6.34. The predicted octanol–water partition coefficient (Wildman–Crippen LogP) is 3.28. The van der Waals surface area contributed by atoms with Crippen molar-refractivity contribution in [2.24, 2.45) is 5.92 Å². The average Bonchev–Trinajstić information content (AvgIpc) is 3.34. The lowest BCUT2D eigenvalue weighted by Gasteiger charge is -2.38. The Balaban J connectivity index is 1.28. The molecule has 5 rings (SSSR count). The molecule has 3 heterocycles. The molecule has 2 N–H and O–H groups in total. The van der Waals surface area contributed by atoms with Crippen LogP contribution in [0.1, 0.15) is 55.1 Å². The average molecular weight is 496 g/mol. The van der Waals surface area contributed by atoms with Crippen molar-refractivity contribution < 1.29 is 14.0 Å². The monoisotopic (exact) mass is 495 g/mol. The van der Waals surface area contributed by atoms with Gasteiger partial charge in [-0.3, -0.25) is 14.5 Å². The quantitative estimate of drug-likeness (QED) is 0.619. The smallest absolute Gasteiger partial charge is 0.268 e. The molecule has 2 fully saturated rings. The van der Waals surface area contributed by atoms with Gasteiger partial charge in [-0.05, 0) is 49.6 Å². The van der Waals surface area contributed by atoms with Crippen LogP contribution in [0.15, 0.2) is 36.5 Å². The van der Waals surface area contributed by atoms with Crippen LogP contribution in [0, 0.1) is 11.7 Å². The lowest BCUT2D eigenvalue weighted by Crippen LogP contribution is -2.53. The Morgan fingerprint density at radius 3 is 2.64 bits per heavy atom. The van der Waals surface area contributed by atoms with Crippen LogP contribution >= 0.6 is 0 Å². The van der Waals surface area contributed by atoms with Gasteiger partial charge in [0, 0.05) is 63.5 Å². The van der Waals surface area contributed by atoms with E-state index in [0.29, 0.717) is 24.6 Å². The summed E-state index contributed by atoms with van der Waals surface area (Å²) in [5.41, 5.74) is 2.01. The summed E-state index contributed by atoms with van der Waals surface area (Å²) in [6.07, 6.45) is 8.31. The van der Waals surface area contributed by atoms with Gasteiger partial charge in [-0.2, -0.15) is 0 Å². The molecule has 7 nitrogen and oxygen atoms in total. The lowest BCUT2D eigenvalue weighted by molar-refractivity contribution is -0.123. The Labute approximate surface area is 213 Å².